The van der Waals surface area contributed by atoms with Gasteiger partial charge in [-0.2, -0.15) is 0 Å². The Hall–Kier alpha value is -1.59. The van der Waals surface area contributed by atoms with Crippen molar-refractivity contribution < 1.29 is 9.59 Å². The number of halogens is 1. The van der Waals surface area contributed by atoms with Gasteiger partial charge in [-0.3, -0.25) is 14.9 Å². The minimum atomic E-state index is -0.568. The monoisotopic (exact) mass is 239 g/mol. The van der Waals surface area contributed by atoms with Crippen molar-refractivity contribution in [1.29, 1.82) is 0 Å². The third kappa shape index (κ3) is 2.00. The molecule has 0 aromatic heterocycles. The smallest absolute Gasteiger partial charge is 0.246 e. The van der Waals surface area contributed by atoms with Crippen molar-refractivity contribution in [3.8, 4) is 0 Å². The van der Waals surface area contributed by atoms with Crippen LogP contribution in [0.1, 0.15) is 11.6 Å². The lowest BCUT2D eigenvalue weighted by Gasteiger charge is -2.09. The van der Waals surface area contributed by atoms with Gasteiger partial charge in [-0.05, 0) is 18.2 Å². The number of nitrogens with one attached hydrogen (secondary N) is 2. The van der Waals surface area contributed by atoms with Crippen molar-refractivity contribution in [1.82, 2.24) is 5.32 Å². The van der Waals surface area contributed by atoms with Crippen LogP contribution >= 0.6 is 11.6 Å². The lowest BCUT2D eigenvalue weighted by atomic mass is 10.1. The van der Waals surface area contributed by atoms with E-state index in [0.29, 0.717) is 10.7 Å². The fourth-order valence-electron chi connectivity index (χ4n) is 1.64. The van der Waals surface area contributed by atoms with E-state index in [2.05, 4.69) is 10.6 Å². The minimum absolute atomic E-state index is 0.0515. The molecular formula is C10H10ClN3O2. The van der Waals surface area contributed by atoms with E-state index < -0.39 is 11.9 Å². The third-order valence-electron chi connectivity index (χ3n) is 2.33. The number of nitrogens with two attached hydrogens (primary N) is 1. The van der Waals surface area contributed by atoms with E-state index in [1.807, 2.05) is 0 Å². The highest BCUT2D eigenvalue weighted by Crippen LogP contribution is 2.32. The molecule has 5 nitrogen and oxygen atoms in total. The summed E-state index contributed by atoms with van der Waals surface area (Å²) in [4.78, 5) is 22.2. The van der Waals surface area contributed by atoms with Gasteiger partial charge in [0.05, 0.1) is 6.54 Å². The lowest BCUT2D eigenvalue weighted by molar-refractivity contribution is -0.119. The molecule has 0 spiro atoms. The van der Waals surface area contributed by atoms with Gasteiger partial charge < -0.3 is 11.1 Å². The number of rotatable bonds is 3. The summed E-state index contributed by atoms with van der Waals surface area (Å²) in [6.45, 7) is -0.0515. The standard InChI is InChI=1S/C10H10ClN3O2/c11-5-1-2-7-6(3-5)9(10(16)14-7)13-4-8(12)15/h1-3,9,13H,4H2,(H2,12,15)(H,14,16). The van der Waals surface area contributed by atoms with Gasteiger partial charge in [0.2, 0.25) is 11.8 Å². The van der Waals surface area contributed by atoms with Crippen LogP contribution in [-0.2, 0) is 9.59 Å². The topological polar surface area (TPSA) is 84.2 Å². The zero-order valence-corrected chi connectivity index (χ0v) is 9.04. The number of hydrogen-bond donors (Lipinski definition) is 3. The maximum absolute atomic E-state index is 11.6. The van der Waals surface area contributed by atoms with Crippen LogP contribution in [0.25, 0.3) is 0 Å². The fraction of sp³-hybridized carbons (Fsp3) is 0.200. The van der Waals surface area contributed by atoms with Gasteiger partial charge in [0.1, 0.15) is 6.04 Å². The van der Waals surface area contributed by atoms with Crippen molar-refractivity contribution in [3.05, 3.63) is 28.8 Å². The molecule has 6 heteroatoms. The molecule has 16 heavy (non-hydrogen) atoms. The molecule has 0 saturated heterocycles. The van der Waals surface area contributed by atoms with Crippen molar-refractivity contribution in [3.63, 3.8) is 0 Å². The highest BCUT2D eigenvalue weighted by molar-refractivity contribution is 6.31. The zero-order valence-electron chi connectivity index (χ0n) is 8.29. The Morgan fingerprint density at radius 1 is 1.56 bits per heavy atom. The van der Waals surface area contributed by atoms with Crippen LogP contribution in [0.2, 0.25) is 5.02 Å². The number of primary amides is 1. The molecule has 84 valence electrons. The van der Waals surface area contributed by atoms with Crippen LogP contribution < -0.4 is 16.4 Å². The summed E-state index contributed by atoms with van der Waals surface area (Å²) in [5.74, 6) is -0.721. The summed E-state index contributed by atoms with van der Waals surface area (Å²) in [5, 5.41) is 6.00. The summed E-state index contributed by atoms with van der Waals surface area (Å²) in [6.07, 6.45) is 0. The Balaban J connectivity index is 2.24. The normalized spacial score (nSPS) is 18.1. The zero-order chi connectivity index (χ0) is 11.7. The van der Waals surface area contributed by atoms with E-state index in [1.165, 1.54) is 0 Å². The van der Waals surface area contributed by atoms with Crippen LogP contribution in [0.3, 0.4) is 0 Å². The average Bonchev–Trinajstić information content (AvgIpc) is 2.51. The molecule has 1 heterocycles. The highest BCUT2D eigenvalue weighted by Gasteiger charge is 2.30. The highest BCUT2D eigenvalue weighted by atomic mass is 35.5. The Labute approximate surface area is 97.0 Å². The second-order valence-corrected chi connectivity index (χ2v) is 3.94. The second-order valence-electron chi connectivity index (χ2n) is 3.50. The first-order chi connectivity index (χ1) is 7.58. The molecule has 2 amide bonds. The number of hydrogen-bond acceptors (Lipinski definition) is 3. The van der Waals surface area contributed by atoms with Crippen molar-refractivity contribution in [2.45, 2.75) is 6.04 Å². The first kappa shape index (κ1) is 10.9. The van der Waals surface area contributed by atoms with Crippen molar-refractivity contribution in [2.24, 2.45) is 5.73 Å². The SMILES string of the molecule is NC(=O)CNC1C(=O)Nc2ccc(Cl)cc21. The Morgan fingerprint density at radius 3 is 3.00 bits per heavy atom. The molecule has 1 aromatic rings. The molecule has 0 fully saturated rings. The van der Waals surface area contributed by atoms with Gasteiger partial charge in [-0.25, -0.2) is 0 Å². The second kappa shape index (κ2) is 4.11. The van der Waals surface area contributed by atoms with Gasteiger partial charge in [0, 0.05) is 16.3 Å². The number of anilines is 1. The predicted octanol–water partition coefficient (Wildman–Crippen LogP) is 0.408. The van der Waals surface area contributed by atoms with E-state index in [-0.39, 0.29) is 12.5 Å². The van der Waals surface area contributed by atoms with E-state index in [4.69, 9.17) is 17.3 Å². The van der Waals surface area contributed by atoms with Gasteiger partial charge >= 0.3 is 0 Å². The lowest BCUT2D eigenvalue weighted by Crippen LogP contribution is -2.34. The molecule has 1 aliphatic heterocycles. The largest absolute Gasteiger partial charge is 0.369 e. The van der Waals surface area contributed by atoms with Crippen LogP contribution in [-0.4, -0.2) is 18.4 Å². The van der Waals surface area contributed by atoms with Crippen LogP contribution in [0.5, 0.6) is 0 Å². The average molecular weight is 240 g/mol. The van der Waals surface area contributed by atoms with E-state index >= 15 is 0 Å². The van der Waals surface area contributed by atoms with E-state index in [0.717, 1.165) is 5.56 Å². The molecule has 0 aliphatic carbocycles. The quantitative estimate of drug-likeness (QED) is 0.714. The molecule has 0 bridgehead atoms. The number of benzene rings is 1. The van der Waals surface area contributed by atoms with Gasteiger partial charge in [-0.1, -0.05) is 11.6 Å². The van der Waals surface area contributed by atoms with Gasteiger partial charge in [0.15, 0.2) is 0 Å². The molecule has 0 radical (unpaired) electrons. The molecule has 1 unspecified atom stereocenters. The Morgan fingerprint density at radius 2 is 2.31 bits per heavy atom. The summed E-state index contributed by atoms with van der Waals surface area (Å²) < 4.78 is 0. The van der Waals surface area contributed by atoms with Gasteiger partial charge in [-0.15, -0.1) is 0 Å². The number of carbonyl (C=O) groups excluding carboxylic acids is 2. The molecule has 1 atom stereocenters. The van der Waals surface area contributed by atoms with Gasteiger partial charge in [0.25, 0.3) is 0 Å². The van der Waals surface area contributed by atoms with Crippen LogP contribution in [0.4, 0.5) is 5.69 Å². The number of amides is 2. The maximum Gasteiger partial charge on any atom is 0.246 e. The maximum atomic E-state index is 11.6. The molecular weight excluding hydrogens is 230 g/mol. The van der Waals surface area contributed by atoms with Crippen LogP contribution in [0, 0.1) is 0 Å². The molecule has 4 N–H and O–H groups in total. The summed E-state index contributed by atoms with van der Waals surface area (Å²) in [7, 11) is 0. The third-order valence-corrected chi connectivity index (χ3v) is 2.56. The van der Waals surface area contributed by atoms with E-state index in [1.54, 1.807) is 18.2 Å². The number of carbonyl (C=O) groups is 2. The first-order valence-electron chi connectivity index (χ1n) is 4.70. The summed E-state index contributed by atoms with van der Waals surface area (Å²) in [5.41, 5.74) is 6.45. The Bertz CT molecular complexity index is 461. The molecule has 2 rings (SSSR count). The predicted molar refractivity (Wildman–Crippen MR) is 60.0 cm³/mol. The fourth-order valence-corrected chi connectivity index (χ4v) is 1.82. The van der Waals surface area contributed by atoms with Crippen LogP contribution in [0.15, 0.2) is 18.2 Å². The first-order valence-corrected chi connectivity index (χ1v) is 5.08. The molecule has 1 aliphatic rings. The summed E-state index contributed by atoms with van der Waals surface area (Å²) in [6, 6.07) is 4.53. The molecule has 0 saturated carbocycles. The van der Waals surface area contributed by atoms with E-state index in [9.17, 15) is 9.59 Å². The van der Waals surface area contributed by atoms with Crippen molar-refractivity contribution in [2.75, 3.05) is 11.9 Å². The minimum Gasteiger partial charge on any atom is -0.369 e. The summed E-state index contributed by atoms with van der Waals surface area (Å²) >= 11 is 5.84. The van der Waals surface area contributed by atoms with Crippen molar-refractivity contribution >= 4 is 29.1 Å². The molecule has 1 aromatic carbocycles. The number of fused-ring (bicyclic) bond motifs is 1. The Kier molecular flexibility index (Phi) is 2.80.